The minimum Gasteiger partial charge on any atom is -0.273 e. The third kappa shape index (κ3) is 2.04. The monoisotopic (exact) mass is 237 g/mol. The van der Waals surface area contributed by atoms with Crippen molar-refractivity contribution in [3.8, 4) is 0 Å². The summed E-state index contributed by atoms with van der Waals surface area (Å²) >= 11 is 2.23. The SMILES string of the molecule is O=C1CCCC(CI)=N1. The Morgan fingerprint density at radius 3 is 2.78 bits per heavy atom. The summed E-state index contributed by atoms with van der Waals surface area (Å²) in [6.07, 6.45) is 2.68. The summed E-state index contributed by atoms with van der Waals surface area (Å²) in [7, 11) is 0. The lowest BCUT2D eigenvalue weighted by molar-refractivity contribution is -0.118. The standard InChI is InChI=1S/C6H8INO/c7-4-5-2-1-3-6(9)8-5/h1-4H2. The van der Waals surface area contributed by atoms with E-state index in [-0.39, 0.29) is 5.91 Å². The van der Waals surface area contributed by atoms with E-state index in [1.165, 1.54) is 0 Å². The molecule has 1 aliphatic heterocycles. The van der Waals surface area contributed by atoms with Crippen LogP contribution in [0.2, 0.25) is 0 Å². The molecule has 0 saturated carbocycles. The Bertz CT molecular complexity index is 153. The molecular weight excluding hydrogens is 229 g/mol. The van der Waals surface area contributed by atoms with E-state index in [4.69, 9.17) is 0 Å². The van der Waals surface area contributed by atoms with Gasteiger partial charge in [0.1, 0.15) is 0 Å². The van der Waals surface area contributed by atoms with Crippen molar-refractivity contribution in [2.75, 3.05) is 4.43 Å². The van der Waals surface area contributed by atoms with Crippen LogP contribution in [0.5, 0.6) is 0 Å². The second-order valence-corrected chi connectivity index (χ2v) is 2.82. The van der Waals surface area contributed by atoms with Crippen molar-refractivity contribution >= 4 is 34.2 Å². The van der Waals surface area contributed by atoms with Crippen molar-refractivity contribution in [2.24, 2.45) is 4.99 Å². The minimum absolute atomic E-state index is 0.0629. The van der Waals surface area contributed by atoms with Gasteiger partial charge in [-0.1, -0.05) is 22.6 Å². The first-order valence-electron chi connectivity index (χ1n) is 2.98. The molecule has 1 rings (SSSR count). The number of alkyl halides is 1. The highest BCUT2D eigenvalue weighted by atomic mass is 127. The topological polar surface area (TPSA) is 29.4 Å². The van der Waals surface area contributed by atoms with E-state index in [2.05, 4.69) is 27.6 Å². The van der Waals surface area contributed by atoms with E-state index in [1.807, 2.05) is 0 Å². The lowest BCUT2D eigenvalue weighted by Crippen LogP contribution is -2.10. The van der Waals surface area contributed by atoms with E-state index >= 15 is 0 Å². The lowest BCUT2D eigenvalue weighted by atomic mass is 10.1. The van der Waals surface area contributed by atoms with Gasteiger partial charge in [-0.2, -0.15) is 0 Å². The van der Waals surface area contributed by atoms with E-state index in [0.717, 1.165) is 23.0 Å². The minimum atomic E-state index is 0.0629. The van der Waals surface area contributed by atoms with Crippen molar-refractivity contribution in [1.82, 2.24) is 0 Å². The van der Waals surface area contributed by atoms with Crippen molar-refractivity contribution in [3.63, 3.8) is 0 Å². The van der Waals surface area contributed by atoms with Gasteiger partial charge in [-0.3, -0.25) is 4.79 Å². The van der Waals surface area contributed by atoms with Crippen LogP contribution in [0.1, 0.15) is 19.3 Å². The summed E-state index contributed by atoms with van der Waals surface area (Å²) in [5.74, 6) is 0.0629. The van der Waals surface area contributed by atoms with Crippen LogP contribution in [0.25, 0.3) is 0 Å². The first-order valence-corrected chi connectivity index (χ1v) is 4.50. The molecule has 1 heterocycles. The van der Waals surface area contributed by atoms with Crippen LogP contribution < -0.4 is 0 Å². The zero-order valence-electron chi connectivity index (χ0n) is 5.06. The maximum absolute atomic E-state index is 10.6. The van der Waals surface area contributed by atoms with E-state index < -0.39 is 0 Å². The molecule has 0 unspecified atom stereocenters. The molecule has 0 spiro atoms. The Labute approximate surface area is 67.9 Å². The van der Waals surface area contributed by atoms with Crippen molar-refractivity contribution in [2.45, 2.75) is 19.3 Å². The molecule has 0 fully saturated rings. The number of aliphatic imine (C=N–C) groups is 1. The molecular formula is C6H8INO. The average molecular weight is 237 g/mol. The van der Waals surface area contributed by atoms with Crippen molar-refractivity contribution in [1.29, 1.82) is 0 Å². The second kappa shape index (κ2) is 3.29. The largest absolute Gasteiger partial charge is 0.273 e. The molecule has 2 nitrogen and oxygen atoms in total. The molecule has 0 radical (unpaired) electrons. The number of hydrogen-bond donors (Lipinski definition) is 0. The predicted molar refractivity (Wildman–Crippen MR) is 45.2 cm³/mol. The normalized spacial score (nSPS) is 19.7. The molecule has 0 aromatic rings. The summed E-state index contributed by atoms with van der Waals surface area (Å²) in [5, 5.41) is 0. The fourth-order valence-corrected chi connectivity index (χ4v) is 1.38. The average Bonchev–Trinajstić information content (AvgIpc) is 1.88. The number of nitrogens with zero attached hydrogens (tertiary/aromatic N) is 1. The zero-order chi connectivity index (χ0) is 6.69. The molecule has 0 aromatic carbocycles. The van der Waals surface area contributed by atoms with Gasteiger partial charge >= 0.3 is 0 Å². The number of carbonyl (C=O) groups is 1. The molecule has 0 N–H and O–H groups in total. The van der Waals surface area contributed by atoms with Gasteiger partial charge in [0.25, 0.3) is 0 Å². The number of halogens is 1. The molecule has 9 heavy (non-hydrogen) atoms. The molecule has 1 aliphatic rings. The molecule has 0 aliphatic carbocycles. The Morgan fingerprint density at radius 1 is 1.56 bits per heavy atom. The number of hydrogen-bond acceptors (Lipinski definition) is 1. The molecule has 0 bridgehead atoms. The molecule has 50 valence electrons. The van der Waals surface area contributed by atoms with Crippen LogP contribution in [0.15, 0.2) is 4.99 Å². The molecule has 0 atom stereocenters. The third-order valence-electron chi connectivity index (χ3n) is 1.29. The number of rotatable bonds is 1. The highest BCUT2D eigenvalue weighted by Gasteiger charge is 2.09. The Kier molecular flexibility index (Phi) is 2.63. The van der Waals surface area contributed by atoms with Crippen LogP contribution in [0, 0.1) is 0 Å². The maximum Gasteiger partial charge on any atom is 0.245 e. The fourth-order valence-electron chi connectivity index (χ4n) is 0.829. The quantitative estimate of drug-likeness (QED) is 0.502. The Hall–Kier alpha value is 0.0700. The first-order chi connectivity index (χ1) is 4.33. The van der Waals surface area contributed by atoms with Crippen LogP contribution in [-0.2, 0) is 4.79 Å². The number of carbonyl (C=O) groups excluding carboxylic acids is 1. The summed E-state index contributed by atoms with van der Waals surface area (Å²) in [6.45, 7) is 0. The Morgan fingerprint density at radius 2 is 2.33 bits per heavy atom. The third-order valence-corrected chi connectivity index (χ3v) is 2.17. The zero-order valence-corrected chi connectivity index (χ0v) is 7.22. The smallest absolute Gasteiger partial charge is 0.245 e. The second-order valence-electron chi connectivity index (χ2n) is 2.06. The summed E-state index contributed by atoms with van der Waals surface area (Å²) < 4.78 is 0.906. The van der Waals surface area contributed by atoms with E-state index in [9.17, 15) is 4.79 Å². The van der Waals surface area contributed by atoms with Gasteiger partial charge in [-0.05, 0) is 12.8 Å². The van der Waals surface area contributed by atoms with Gasteiger partial charge in [0.05, 0.1) is 0 Å². The van der Waals surface area contributed by atoms with Crippen LogP contribution in [0.4, 0.5) is 0 Å². The molecule has 3 heteroatoms. The highest BCUT2D eigenvalue weighted by molar-refractivity contribution is 14.1. The summed E-state index contributed by atoms with van der Waals surface area (Å²) in [6, 6.07) is 0. The van der Waals surface area contributed by atoms with Gasteiger partial charge < -0.3 is 0 Å². The molecule has 0 aromatic heterocycles. The van der Waals surface area contributed by atoms with Crippen LogP contribution >= 0.6 is 22.6 Å². The fraction of sp³-hybridized carbons (Fsp3) is 0.667. The number of amides is 1. The van der Waals surface area contributed by atoms with Gasteiger partial charge in [-0.15, -0.1) is 0 Å². The van der Waals surface area contributed by atoms with Crippen molar-refractivity contribution in [3.05, 3.63) is 0 Å². The molecule has 1 amide bonds. The van der Waals surface area contributed by atoms with Gasteiger partial charge in [-0.25, -0.2) is 4.99 Å². The van der Waals surface area contributed by atoms with Gasteiger partial charge in [0, 0.05) is 16.6 Å². The van der Waals surface area contributed by atoms with E-state index in [0.29, 0.717) is 6.42 Å². The van der Waals surface area contributed by atoms with Crippen molar-refractivity contribution < 1.29 is 4.79 Å². The summed E-state index contributed by atoms with van der Waals surface area (Å²) in [5.41, 5.74) is 1.06. The lowest BCUT2D eigenvalue weighted by Gasteiger charge is -2.06. The Balaban J connectivity index is 2.59. The molecule has 0 saturated heterocycles. The predicted octanol–water partition coefficient (Wildman–Crippen LogP) is 1.57. The van der Waals surface area contributed by atoms with E-state index in [1.54, 1.807) is 0 Å². The van der Waals surface area contributed by atoms with Crippen LogP contribution in [0.3, 0.4) is 0 Å². The van der Waals surface area contributed by atoms with Crippen LogP contribution in [-0.4, -0.2) is 16.0 Å². The highest BCUT2D eigenvalue weighted by Crippen LogP contribution is 2.08. The van der Waals surface area contributed by atoms with Gasteiger partial charge in [0.2, 0.25) is 5.91 Å². The maximum atomic E-state index is 10.6. The first kappa shape index (κ1) is 7.18. The van der Waals surface area contributed by atoms with Gasteiger partial charge in [0.15, 0.2) is 0 Å². The summed E-state index contributed by atoms with van der Waals surface area (Å²) in [4.78, 5) is 14.5.